The minimum absolute atomic E-state index is 0.245. The van der Waals surface area contributed by atoms with Gasteiger partial charge >= 0.3 is 5.97 Å². The van der Waals surface area contributed by atoms with E-state index in [0.717, 1.165) is 32.9 Å². The Hall–Kier alpha value is -4.18. The third-order valence-corrected chi connectivity index (χ3v) is 5.37. The Morgan fingerprint density at radius 2 is 1.45 bits per heavy atom. The standard InChI is InChI=1S/C27H19NO3/c29-24(17-31-27(30)21-15-14-18-8-4-5-11-20(18)16-21)25-22-12-6-7-13-23(22)28-26(25)19-9-2-1-3-10-19/h1-16,28H,17H2. The molecule has 0 saturated carbocycles. The zero-order valence-corrected chi connectivity index (χ0v) is 16.7. The van der Waals surface area contributed by atoms with Crippen LogP contribution in [0.15, 0.2) is 97.1 Å². The number of para-hydroxylation sites is 1. The number of hydrogen-bond donors (Lipinski definition) is 1. The molecule has 0 saturated heterocycles. The van der Waals surface area contributed by atoms with E-state index in [1.165, 1.54) is 0 Å². The molecule has 0 spiro atoms. The summed E-state index contributed by atoms with van der Waals surface area (Å²) in [7, 11) is 0. The second-order valence-corrected chi connectivity index (χ2v) is 7.35. The Morgan fingerprint density at radius 3 is 2.29 bits per heavy atom. The molecule has 0 unspecified atom stereocenters. The zero-order valence-electron chi connectivity index (χ0n) is 16.7. The van der Waals surface area contributed by atoms with Gasteiger partial charge in [0.15, 0.2) is 6.61 Å². The fraction of sp³-hybridized carbons (Fsp3) is 0.0370. The van der Waals surface area contributed by atoms with E-state index in [0.29, 0.717) is 11.1 Å². The first-order valence-electron chi connectivity index (χ1n) is 10.1. The largest absolute Gasteiger partial charge is 0.454 e. The Kier molecular flexibility index (Phi) is 4.81. The molecule has 150 valence electrons. The van der Waals surface area contributed by atoms with E-state index >= 15 is 0 Å². The van der Waals surface area contributed by atoms with Gasteiger partial charge < -0.3 is 9.72 Å². The summed E-state index contributed by atoms with van der Waals surface area (Å²) in [4.78, 5) is 29.1. The molecule has 5 rings (SSSR count). The number of esters is 1. The van der Waals surface area contributed by atoms with E-state index in [1.54, 1.807) is 12.1 Å². The van der Waals surface area contributed by atoms with Crippen molar-refractivity contribution in [3.63, 3.8) is 0 Å². The van der Waals surface area contributed by atoms with Gasteiger partial charge in [-0.15, -0.1) is 0 Å². The highest BCUT2D eigenvalue weighted by Crippen LogP contribution is 2.30. The summed E-state index contributed by atoms with van der Waals surface area (Å²) in [5, 5.41) is 2.81. The predicted molar refractivity (Wildman–Crippen MR) is 122 cm³/mol. The molecule has 0 bridgehead atoms. The number of hydrogen-bond acceptors (Lipinski definition) is 3. The third-order valence-electron chi connectivity index (χ3n) is 5.37. The summed E-state index contributed by atoms with van der Waals surface area (Å²) in [6, 6.07) is 30.5. The summed E-state index contributed by atoms with van der Waals surface area (Å²) >= 11 is 0. The van der Waals surface area contributed by atoms with Crippen LogP contribution in [0.5, 0.6) is 0 Å². The first kappa shape index (κ1) is 18.8. The highest BCUT2D eigenvalue weighted by atomic mass is 16.5. The van der Waals surface area contributed by atoms with Crippen molar-refractivity contribution in [2.24, 2.45) is 0 Å². The average molecular weight is 405 g/mol. The van der Waals surface area contributed by atoms with Crippen molar-refractivity contribution in [2.75, 3.05) is 6.61 Å². The van der Waals surface area contributed by atoms with Crippen molar-refractivity contribution in [1.29, 1.82) is 0 Å². The highest BCUT2D eigenvalue weighted by molar-refractivity contribution is 6.14. The molecule has 0 aliphatic rings. The van der Waals surface area contributed by atoms with E-state index in [1.807, 2.05) is 84.9 Å². The number of H-pyrrole nitrogens is 1. The van der Waals surface area contributed by atoms with Gasteiger partial charge in [0, 0.05) is 10.9 Å². The Labute approximate surface area is 179 Å². The number of Topliss-reactive ketones (excluding diaryl/α,β-unsaturated/α-hetero) is 1. The van der Waals surface area contributed by atoms with Crippen LogP contribution < -0.4 is 0 Å². The molecule has 0 radical (unpaired) electrons. The first-order chi connectivity index (χ1) is 15.2. The number of nitrogens with one attached hydrogen (secondary N) is 1. The van der Waals surface area contributed by atoms with Crippen molar-refractivity contribution in [1.82, 2.24) is 4.98 Å². The van der Waals surface area contributed by atoms with Gasteiger partial charge in [0.25, 0.3) is 0 Å². The van der Waals surface area contributed by atoms with Crippen LogP contribution in [0.4, 0.5) is 0 Å². The van der Waals surface area contributed by atoms with E-state index < -0.39 is 5.97 Å². The van der Waals surface area contributed by atoms with E-state index in [9.17, 15) is 9.59 Å². The molecule has 1 aromatic heterocycles. The van der Waals surface area contributed by atoms with Gasteiger partial charge in [-0.1, -0.05) is 78.9 Å². The van der Waals surface area contributed by atoms with Gasteiger partial charge in [-0.25, -0.2) is 4.79 Å². The fourth-order valence-corrected chi connectivity index (χ4v) is 3.86. The molecule has 0 aliphatic carbocycles. The maximum Gasteiger partial charge on any atom is 0.338 e. The smallest absolute Gasteiger partial charge is 0.338 e. The second-order valence-electron chi connectivity index (χ2n) is 7.35. The number of ketones is 1. The predicted octanol–water partition coefficient (Wildman–Crippen LogP) is 6.03. The number of benzene rings is 4. The summed E-state index contributed by atoms with van der Waals surface area (Å²) in [6.45, 7) is -0.326. The molecule has 1 N–H and O–H groups in total. The summed E-state index contributed by atoms with van der Waals surface area (Å²) in [5.74, 6) is -0.759. The lowest BCUT2D eigenvalue weighted by Gasteiger charge is -2.07. The van der Waals surface area contributed by atoms with Gasteiger partial charge in [0.05, 0.1) is 16.8 Å². The normalized spacial score (nSPS) is 11.0. The van der Waals surface area contributed by atoms with E-state index in [2.05, 4.69) is 4.98 Å². The van der Waals surface area contributed by atoms with Crippen LogP contribution in [0.3, 0.4) is 0 Å². The number of rotatable bonds is 5. The van der Waals surface area contributed by atoms with Gasteiger partial charge in [-0.2, -0.15) is 0 Å². The van der Waals surface area contributed by atoms with Crippen molar-refractivity contribution < 1.29 is 14.3 Å². The minimum Gasteiger partial charge on any atom is -0.454 e. The average Bonchev–Trinajstić information content (AvgIpc) is 3.22. The van der Waals surface area contributed by atoms with Crippen molar-refractivity contribution in [3.8, 4) is 11.3 Å². The third kappa shape index (κ3) is 3.60. The maximum atomic E-state index is 13.2. The van der Waals surface area contributed by atoms with E-state index in [-0.39, 0.29) is 12.4 Å². The van der Waals surface area contributed by atoms with Gasteiger partial charge in [0.1, 0.15) is 0 Å². The molecule has 1 heterocycles. The van der Waals surface area contributed by atoms with Gasteiger partial charge in [-0.05, 0) is 34.5 Å². The number of carbonyl (C=O) groups is 2. The highest BCUT2D eigenvalue weighted by Gasteiger charge is 2.21. The topological polar surface area (TPSA) is 59.2 Å². The van der Waals surface area contributed by atoms with Crippen LogP contribution >= 0.6 is 0 Å². The monoisotopic (exact) mass is 405 g/mol. The zero-order chi connectivity index (χ0) is 21.2. The van der Waals surface area contributed by atoms with Gasteiger partial charge in [0.2, 0.25) is 5.78 Å². The SMILES string of the molecule is O=C(OCC(=O)c1c(-c2ccccc2)[nH]c2ccccc12)c1ccc2ccccc2c1. The summed E-state index contributed by atoms with van der Waals surface area (Å²) in [6.07, 6.45) is 0. The van der Waals surface area contributed by atoms with Crippen molar-refractivity contribution in [2.45, 2.75) is 0 Å². The van der Waals surface area contributed by atoms with Crippen molar-refractivity contribution in [3.05, 3.63) is 108 Å². The molecule has 0 amide bonds. The number of carbonyl (C=O) groups excluding carboxylic acids is 2. The quantitative estimate of drug-likeness (QED) is 0.287. The molecule has 5 aromatic rings. The van der Waals surface area contributed by atoms with E-state index in [4.69, 9.17) is 4.74 Å². The van der Waals surface area contributed by atoms with Crippen LogP contribution in [0.25, 0.3) is 32.9 Å². The van der Waals surface area contributed by atoms with Crippen molar-refractivity contribution >= 4 is 33.4 Å². The number of ether oxygens (including phenoxy) is 1. The van der Waals surface area contributed by atoms with Crippen LogP contribution in [0, 0.1) is 0 Å². The summed E-state index contributed by atoms with van der Waals surface area (Å²) < 4.78 is 5.40. The molecular weight excluding hydrogens is 386 g/mol. The van der Waals surface area contributed by atoms with Crippen LogP contribution in [-0.2, 0) is 4.74 Å². The number of aromatic amines is 1. The second kappa shape index (κ2) is 7.92. The minimum atomic E-state index is -0.514. The molecule has 31 heavy (non-hydrogen) atoms. The lowest BCUT2D eigenvalue weighted by atomic mass is 10.0. The first-order valence-corrected chi connectivity index (χ1v) is 10.1. The molecule has 4 nitrogen and oxygen atoms in total. The number of aromatic nitrogens is 1. The molecular formula is C27H19NO3. The van der Waals surface area contributed by atoms with Crippen LogP contribution in [0.2, 0.25) is 0 Å². The lowest BCUT2D eigenvalue weighted by molar-refractivity contribution is 0.0475. The fourth-order valence-electron chi connectivity index (χ4n) is 3.86. The molecule has 4 heteroatoms. The van der Waals surface area contributed by atoms with Crippen LogP contribution in [0.1, 0.15) is 20.7 Å². The molecule has 0 fully saturated rings. The lowest BCUT2D eigenvalue weighted by Crippen LogP contribution is -2.14. The number of fused-ring (bicyclic) bond motifs is 2. The summed E-state index contributed by atoms with van der Waals surface area (Å²) in [5.41, 5.74) is 3.46. The Balaban J connectivity index is 1.43. The maximum absolute atomic E-state index is 13.2. The Bertz CT molecular complexity index is 1420. The molecule has 0 atom stereocenters. The van der Waals surface area contributed by atoms with Gasteiger partial charge in [-0.3, -0.25) is 4.79 Å². The molecule has 0 aliphatic heterocycles. The Morgan fingerprint density at radius 1 is 0.742 bits per heavy atom. The van der Waals surface area contributed by atoms with Crippen LogP contribution in [-0.4, -0.2) is 23.3 Å². The molecule has 4 aromatic carbocycles.